The molecule has 1 aliphatic heterocycles. The Labute approximate surface area is 136 Å². The van der Waals surface area contributed by atoms with Gasteiger partial charge in [-0.3, -0.25) is 14.5 Å². The lowest BCUT2D eigenvalue weighted by Gasteiger charge is -2.29. The van der Waals surface area contributed by atoms with E-state index in [-0.39, 0.29) is 18.2 Å². The van der Waals surface area contributed by atoms with Gasteiger partial charge in [-0.05, 0) is 57.1 Å². The lowest BCUT2D eigenvalue weighted by molar-refractivity contribution is -0.138. The van der Waals surface area contributed by atoms with Crippen LogP contribution in [0.3, 0.4) is 0 Å². The van der Waals surface area contributed by atoms with Crippen LogP contribution in [0.5, 0.6) is 5.75 Å². The third-order valence-corrected chi connectivity index (χ3v) is 3.94. The van der Waals surface area contributed by atoms with Crippen molar-refractivity contribution in [3.63, 3.8) is 0 Å². The lowest BCUT2D eigenvalue weighted by Crippen LogP contribution is -2.39. The SMILES string of the molecule is CC#CCOc1ccc(C(=O)C2CCN(CC(=O)O)CC2)cc1. The predicted octanol–water partition coefficient (Wildman–Crippen LogP) is 2.07. The zero-order valence-electron chi connectivity index (χ0n) is 13.2. The van der Waals surface area contributed by atoms with E-state index < -0.39 is 5.97 Å². The monoisotopic (exact) mass is 315 g/mol. The minimum Gasteiger partial charge on any atom is -0.481 e. The Balaban J connectivity index is 1.88. The second-order valence-electron chi connectivity index (χ2n) is 5.55. The molecule has 1 heterocycles. The second-order valence-corrected chi connectivity index (χ2v) is 5.55. The van der Waals surface area contributed by atoms with Gasteiger partial charge in [0.15, 0.2) is 5.78 Å². The maximum atomic E-state index is 12.5. The average molecular weight is 315 g/mol. The summed E-state index contributed by atoms with van der Waals surface area (Å²) in [4.78, 5) is 25.1. The van der Waals surface area contributed by atoms with Crippen LogP contribution in [0.25, 0.3) is 0 Å². The summed E-state index contributed by atoms with van der Waals surface area (Å²) in [6.45, 7) is 3.45. The summed E-state index contributed by atoms with van der Waals surface area (Å²) in [5, 5.41) is 8.79. The first-order valence-corrected chi connectivity index (χ1v) is 7.71. The van der Waals surface area contributed by atoms with Crippen molar-refractivity contribution >= 4 is 11.8 Å². The molecule has 0 bridgehead atoms. The summed E-state index contributed by atoms with van der Waals surface area (Å²) in [7, 11) is 0. The molecule has 5 heteroatoms. The van der Waals surface area contributed by atoms with Crippen LogP contribution in [0.4, 0.5) is 0 Å². The van der Waals surface area contributed by atoms with Gasteiger partial charge in [-0.2, -0.15) is 0 Å². The molecule has 1 aromatic rings. The Morgan fingerprint density at radius 2 is 1.91 bits per heavy atom. The number of benzene rings is 1. The zero-order chi connectivity index (χ0) is 16.7. The van der Waals surface area contributed by atoms with Gasteiger partial charge in [0.2, 0.25) is 0 Å². The number of hydrogen-bond acceptors (Lipinski definition) is 4. The fraction of sp³-hybridized carbons (Fsp3) is 0.444. The van der Waals surface area contributed by atoms with E-state index in [9.17, 15) is 9.59 Å². The molecular weight excluding hydrogens is 294 g/mol. The molecule has 122 valence electrons. The summed E-state index contributed by atoms with van der Waals surface area (Å²) in [5.41, 5.74) is 0.676. The predicted molar refractivity (Wildman–Crippen MR) is 86.5 cm³/mol. The third kappa shape index (κ3) is 5.11. The van der Waals surface area contributed by atoms with Crippen molar-refractivity contribution in [2.75, 3.05) is 26.2 Å². The summed E-state index contributed by atoms with van der Waals surface area (Å²) >= 11 is 0. The van der Waals surface area contributed by atoms with Crippen molar-refractivity contribution in [2.24, 2.45) is 5.92 Å². The Morgan fingerprint density at radius 1 is 1.26 bits per heavy atom. The number of likely N-dealkylation sites (tertiary alicyclic amines) is 1. The molecule has 1 saturated heterocycles. The van der Waals surface area contributed by atoms with Gasteiger partial charge >= 0.3 is 5.97 Å². The highest BCUT2D eigenvalue weighted by Gasteiger charge is 2.26. The summed E-state index contributed by atoms with van der Waals surface area (Å²) in [6.07, 6.45) is 1.41. The van der Waals surface area contributed by atoms with Gasteiger partial charge in [0.25, 0.3) is 0 Å². The number of carboxylic acids is 1. The maximum Gasteiger partial charge on any atom is 0.317 e. The number of rotatable bonds is 6. The topological polar surface area (TPSA) is 66.8 Å². The zero-order valence-corrected chi connectivity index (χ0v) is 13.2. The molecule has 2 rings (SSSR count). The fourth-order valence-corrected chi connectivity index (χ4v) is 2.69. The average Bonchev–Trinajstić information content (AvgIpc) is 2.55. The second kappa shape index (κ2) is 8.35. The van der Waals surface area contributed by atoms with Gasteiger partial charge in [-0.25, -0.2) is 0 Å². The molecule has 0 amide bonds. The highest BCUT2D eigenvalue weighted by Crippen LogP contribution is 2.23. The van der Waals surface area contributed by atoms with Gasteiger partial charge in [0.1, 0.15) is 12.4 Å². The van der Waals surface area contributed by atoms with Crippen molar-refractivity contribution in [3.8, 4) is 17.6 Å². The molecule has 0 aliphatic carbocycles. The van der Waals surface area contributed by atoms with Crippen LogP contribution in [-0.4, -0.2) is 48.0 Å². The molecule has 23 heavy (non-hydrogen) atoms. The molecule has 1 aromatic carbocycles. The third-order valence-electron chi connectivity index (χ3n) is 3.94. The Hall–Kier alpha value is -2.32. The van der Waals surface area contributed by atoms with Crippen LogP contribution < -0.4 is 4.74 Å². The van der Waals surface area contributed by atoms with E-state index in [1.165, 1.54) is 0 Å². The first kappa shape index (κ1) is 17.0. The number of piperidine rings is 1. The first-order valence-electron chi connectivity index (χ1n) is 7.71. The minimum absolute atomic E-state index is 0.0298. The molecule has 1 N–H and O–H groups in total. The number of aliphatic carboxylic acids is 1. The summed E-state index contributed by atoms with van der Waals surface area (Å²) in [6, 6.07) is 7.12. The van der Waals surface area contributed by atoms with E-state index in [0.717, 1.165) is 0 Å². The summed E-state index contributed by atoms with van der Waals surface area (Å²) < 4.78 is 5.43. The molecule has 0 spiro atoms. The van der Waals surface area contributed by atoms with Crippen LogP contribution in [0.2, 0.25) is 0 Å². The van der Waals surface area contributed by atoms with Crippen LogP contribution in [-0.2, 0) is 4.79 Å². The molecule has 5 nitrogen and oxygen atoms in total. The van der Waals surface area contributed by atoms with Crippen molar-refractivity contribution in [1.29, 1.82) is 0 Å². The van der Waals surface area contributed by atoms with Crippen LogP contribution in [0.15, 0.2) is 24.3 Å². The number of ether oxygens (including phenoxy) is 1. The van der Waals surface area contributed by atoms with Gasteiger partial charge in [-0.1, -0.05) is 5.92 Å². The number of carboxylic acid groups (broad SMARTS) is 1. The number of hydrogen-bond donors (Lipinski definition) is 1. The molecular formula is C18H21NO4. The number of Topliss-reactive ketones (excluding diaryl/α,β-unsaturated/α-hetero) is 1. The van der Waals surface area contributed by atoms with Gasteiger partial charge in [0.05, 0.1) is 6.54 Å². The number of carbonyl (C=O) groups is 2. The van der Waals surface area contributed by atoms with E-state index >= 15 is 0 Å². The quantitative estimate of drug-likeness (QED) is 0.643. The van der Waals surface area contributed by atoms with E-state index in [1.807, 2.05) is 4.90 Å². The molecule has 0 unspecified atom stereocenters. The molecule has 1 fully saturated rings. The Bertz CT molecular complexity index is 604. The standard InChI is InChI=1S/C18H21NO4/c1-2-3-12-23-16-6-4-14(5-7-16)18(22)15-8-10-19(11-9-15)13-17(20)21/h4-7,15H,8-13H2,1H3,(H,20,21). The van der Waals surface area contributed by atoms with Gasteiger partial charge < -0.3 is 9.84 Å². The smallest absolute Gasteiger partial charge is 0.317 e. The van der Waals surface area contributed by atoms with Crippen molar-refractivity contribution < 1.29 is 19.4 Å². The van der Waals surface area contributed by atoms with Crippen molar-refractivity contribution in [1.82, 2.24) is 4.90 Å². The van der Waals surface area contributed by atoms with Crippen molar-refractivity contribution in [2.45, 2.75) is 19.8 Å². The minimum atomic E-state index is -0.821. The number of ketones is 1. The Kier molecular flexibility index (Phi) is 6.19. The molecule has 0 aromatic heterocycles. The maximum absolute atomic E-state index is 12.5. The molecule has 0 radical (unpaired) electrons. The van der Waals surface area contributed by atoms with Gasteiger partial charge in [-0.15, -0.1) is 5.92 Å². The lowest BCUT2D eigenvalue weighted by atomic mass is 9.89. The first-order chi connectivity index (χ1) is 11.1. The van der Waals surface area contributed by atoms with Crippen LogP contribution in [0.1, 0.15) is 30.1 Å². The number of nitrogens with zero attached hydrogens (tertiary/aromatic N) is 1. The highest BCUT2D eigenvalue weighted by atomic mass is 16.5. The highest BCUT2D eigenvalue weighted by molar-refractivity contribution is 5.98. The van der Waals surface area contributed by atoms with E-state index in [2.05, 4.69) is 11.8 Å². The van der Waals surface area contributed by atoms with Crippen LogP contribution >= 0.6 is 0 Å². The molecule has 0 atom stereocenters. The fourth-order valence-electron chi connectivity index (χ4n) is 2.69. The molecule has 0 saturated carbocycles. The van der Waals surface area contributed by atoms with E-state index in [1.54, 1.807) is 31.2 Å². The largest absolute Gasteiger partial charge is 0.481 e. The normalized spacial score (nSPS) is 15.5. The van der Waals surface area contributed by atoms with E-state index in [4.69, 9.17) is 9.84 Å². The van der Waals surface area contributed by atoms with Gasteiger partial charge in [0, 0.05) is 11.5 Å². The molecule has 1 aliphatic rings. The Morgan fingerprint density at radius 3 is 2.48 bits per heavy atom. The summed E-state index contributed by atoms with van der Waals surface area (Å²) in [5.74, 6) is 5.54. The van der Waals surface area contributed by atoms with Crippen LogP contribution in [0, 0.1) is 17.8 Å². The van der Waals surface area contributed by atoms with E-state index in [0.29, 0.717) is 43.9 Å². The number of carbonyl (C=O) groups excluding carboxylic acids is 1. The van der Waals surface area contributed by atoms with Crippen molar-refractivity contribution in [3.05, 3.63) is 29.8 Å².